The number of rotatable bonds is 39. The molecule has 314 valence electrons. The molecule has 0 fully saturated rings. The van der Waals surface area contributed by atoms with E-state index in [9.17, 15) is 14.4 Å². The minimum Gasteiger partial charge on any atom is -0.462 e. The quantitative estimate of drug-likeness (QED) is 0.0268. The standard InChI is InChI=1S/C49H82O6/c1-4-7-10-13-16-19-22-23-24-25-26-27-28-31-33-36-39-42-48(51)54-45-46(55-49(52)43-40-37-34-30-21-18-15-12-9-6-3)44-53-47(50)41-38-35-32-29-20-17-14-11-8-5-2/h7,10,15-16,18-19,23-24,26-27,31,33,46H,4-6,8-9,11-14,17,20-22,25,28-30,32,34-45H2,1-3H3/b10-7-,18-15-,19-16-,24-23-,27-26-,33-31-. The summed E-state index contributed by atoms with van der Waals surface area (Å²) >= 11 is 0. The van der Waals surface area contributed by atoms with E-state index in [-0.39, 0.29) is 37.5 Å². The van der Waals surface area contributed by atoms with E-state index in [0.29, 0.717) is 19.3 Å². The highest BCUT2D eigenvalue weighted by atomic mass is 16.6. The van der Waals surface area contributed by atoms with Gasteiger partial charge in [0, 0.05) is 19.3 Å². The molecule has 0 aromatic rings. The maximum Gasteiger partial charge on any atom is 0.306 e. The van der Waals surface area contributed by atoms with Crippen molar-refractivity contribution in [1.29, 1.82) is 0 Å². The molecule has 0 aliphatic heterocycles. The van der Waals surface area contributed by atoms with Gasteiger partial charge in [0.25, 0.3) is 0 Å². The first-order valence-electron chi connectivity index (χ1n) is 22.4. The van der Waals surface area contributed by atoms with E-state index in [1.807, 2.05) is 0 Å². The van der Waals surface area contributed by atoms with Crippen LogP contribution in [0.4, 0.5) is 0 Å². The highest BCUT2D eigenvalue weighted by Gasteiger charge is 2.19. The number of ether oxygens (including phenoxy) is 3. The van der Waals surface area contributed by atoms with Gasteiger partial charge in [-0.3, -0.25) is 14.4 Å². The van der Waals surface area contributed by atoms with Gasteiger partial charge in [-0.15, -0.1) is 0 Å². The van der Waals surface area contributed by atoms with Gasteiger partial charge in [-0.1, -0.05) is 177 Å². The van der Waals surface area contributed by atoms with Crippen molar-refractivity contribution >= 4 is 17.9 Å². The van der Waals surface area contributed by atoms with Crippen LogP contribution >= 0.6 is 0 Å². The van der Waals surface area contributed by atoms with Gasteiger partial charge >= 0.3 is 17.9 Å². The van der Waals surface area contributed by atoms with Crippen LogP contribution in [0.2, 0.25) is 0 Å². The predicted octanol–water partition coefficient (Wildman–Crippen LogP) is 14.3. The molecule has 0 spiro atoms. The maximum absolute atomic E-state index is 12.7. The summed E-state index contributed by atoms with van der Waals surface area (Å²) in [6, 6.07) is 0. The molecule has 0 bridgehead atoms. The van der Waals surface area contributed by atoms with Crippen molar-refractivity contribution in [1.82, 2.24) is 0 Å². The number of hydrogen-bond acceptors (Lipinski definition) is 6. The maximum atomic E-state index is 12.7. The van der Waals surface area contributed by atoms with Gasteiger partial charge in [-0.25, -0.2) is 0 Å². The van der Waals surface area contributed by atoms with Gasteiger partial charge in [0.2, 0.25) is 0 Å². The van der Waals surface area contributed by atoms with Gasteiger partial charge < -0.3 is 14.2 Å². The van der Waals surface area contributed by atoms with Crippen LogP contribution < -0.4 is 0 Å². The summed E-state index contributed by atoms with van der Waals surface area (Å²) in [6.07, 6.45) is 53.2. The third kappa shape index (κ3) is 41.8. The summed E-state index contributed by atoms with van der Waals surface area (Å²) in [7, 11) is 0. The summed E-state index contributed by atoms with van der Waals surface area (Å²) in [4.78, 5) is 37.6. The molecule has 0 aliphatic rings. The monoisotopic (exact) mass is 767 g/mol. The number of esters is 3. The van der Waals surface area contributed by atoms with Crippen molar-refractivity contribution < 1.29 is 28.6 Å². The Kier molecular flexibility index (Phi) is 41.1. The number of carbonyl (C=O) groups is 3. The SMILES string of the molecule is CC/C=C\C/C=C\C/C=C\C/C=C\C/C=C\CCCC(=O)OCC(COC(=O)CCCCCCCCCCCC)OC(=O)CCCCCC/C=C\CCCC. The topological polar surface area (TPSA) is 78.9 Å². The van der Waals surface area contributed by atoms with Crippen LogP contribution in [0.3, 0.4) is 0 Å². The molecule has 0 aromatic heterocycles. The normalized spacial score (nSPS) is 12.7. The molecule has 0 aromatic carbocycles. The highest BCUT2D eigenvalue weighted by molar-refractivity contribution is 5.71. The lowest BCUT2D eigenvalue weighted by Gasteiger charge is -2.18. The van der Waals surface area contributed by atoms with Crippen molar-refractivity contribution in [3.63, 3.8) is 0 Å². The molecular weight excluding hydrogens is 685 g/mol. The Labute approximate surface area is 338 Å². The summed E-state index contributed by atoms with van der Waals surface area (Å²) in [5.74, 6) is -0.980. The Bertz CT molecular complexity index is 1070. The molecule has 0 amide bonds. The second-order valence-corrected chi connectivity index (χ2v) is 14.6. The smallest absolute Gasteiger partial charge is 0.306 e. The molecule has 1 atom stereocenters. The third-order valence-electron chi connectivity index (χ3n) is 9.20. The molecule has 6 nitrogen and oxygen atoms in total. The second kappa shape index (κ2) is 43.6. The van der Waals surface area contributed by atoms with Crippen molar-refractivity contribution in [3.05, 3.63) is 72.9 Å². The van der Waals surface area contributed by atoms with E-state index in [2.05, 4.69) is 93.7 Å². The van der Waals surface area contributed by atoms with Crippen LogP contribution in [0.5, 0.6) is 0 Å². The van der Waals surface area contributed by atoms with Crippen LogP contribution in [0, 0.1) is 0 Å². The lowest BCUT2D eigenvalue weighted by molar-refractivity contribution is -0.167. The molecule has 0 radical (unpaired) electrons. The van der Waals surface area contributed by atoms with Crippen LogP contribution in [0.1, 0.15) is 201 Å². The van der Waals surface area contributed by atoms with E-state index in [1.54, 1.807) is 0 Å². The molecular formula is C49H82O6. The fourth-order valence-corrected chi connectivity index (χ4v) is 5.81. The molecule has 0 saturated carbocycles. The number of carbonyl (C=O) groups excluding carboxylic acids is 3. The Hall–Kier alpha value is -3.15. The third-order valence-corrected chi connectivity index (χ3v) is 9.20. The fraction of sp³-hybridized carbons (Fsp3) is 0.694. The Morgan fingerprint density at radius 1 is 0.382 bits per heavy atom. The van der Waals surface area contributed by atoms with Crippen LogP contribution in [-0.4, -0.2) is 37.2 Å². The average molecular weight is 767 g/mol. The first-order valence-corrected chi connectivity index (χ1v) is 22.4. The van der Waals surface area contributed by atoms with Gasteiger partial charge in [-0.2, -0.15) is 0 Å². The molecule has 6 heteroatoms. The van der Waals surface area contributed by atoms with Crippen molar-refractivity contribution in [2.75, 3.05) is 13.2 Å². The molecule has 0 rings (SSSR count). The fourth-order valence-electron chi connectivity index (χ4n) is 5.81. The molecule has 55 heavy (non-hydrogen) atoms. The van der Waals surface area contributed by atoms with Crippen molar-refractivity contribution in [2.45, 2.75) is 207 Å². The van der Waals surface area contributed by atoms with E-state index < -0.39 is 6.10 Å². The first-order chi connectivity index (χ1) is 27.0. The lowest BCUT2D eigenvalue weighted by atomic mass is 10.1. The largest absolute Gasteiger partial charge is 0.462 e. The molecule has 0 heterocycles. The Morgan fingerprint density at radius 2 is 0.745 bits per heavy atom. The summed E-state index contributed by atoms with van der Waals surface area (Å²) in [5, 5.41) is 0. The summed E-state index contributed by atoms with van der Waals surface area (Å²) in [6.45, 7) is 6.38. The zero-order chi connectivity index (χ0) is 40.1. The lowest BCUT2D eigenvalue weighted by Crippen LogP contribution is -2.30. The first kappa shape index (κ1) is 51.9. The summed E-state index contributed by atoms with van der Waals surface area (Å²) < 4.78 is 16.6. The Morgan fingerprint density at radius 3 is 1.25 bits per heavy atom. The zero-order valence-electron chi connectivity index (χ0n) is 35.7. The van der Waals surface area contributed by atoms with Crippen LogP contribution in [0.15, 0.2) is 72.9 Å². The number of unbranched alkanes of at least 4 members (excludes halogenated alkanes) is 16. The number of hydrogen-bond donors (Lipinski definition) is 0. The second-order valence-electron chi connectivity index (χ2n) is 14.6. The molecule has 0 aliphatic carbocycles. The van der Waals surface area contributed by atoms with E-state index in [0.717, 1.165) is 96.3 Å². The van der Waals surface area contributed by atoms with Gasteiger partial charge in [0.1, 0.15) is 13.2 Å². The zero-order valence-corrected chi connectivity index (χ0v) is 35.7. The van der Waals surface area contributed by atoms with E-state index in [4.69, 9.17) is 14.2 Å². The van der Waals surface area contributed by atoms with Gasteiger partial charge in [0.05, 0.1) is 0 Å². The van der Waals surface area contributed by atoms with Crippen molar-refractivity contribution in [3.8, 4) is 0 Å². The average Bonchev–Trinajstić information content (AvgIpc) is 3.18. The van der Waals surface area contributed by atoms with Gasteiger partial charge in [0.15, 0.2) is 6.10 Å². The van der Waals surface area contributed by atoms with E-state index in [1.165, 1.54) is 57.8 Å². The Balaban J connectivity index is 4.46. The number of allylic oxidation sites excluding steroid dienone is 12. The highest BCUT2D eigenvalue weighted by Crippen LogP contribution is 2.13. The molecule has 0 N–H and O–H groups in total. The van der Waals surface area contributed by atoms with Crippen LogP contribution in [0.25, 0.3) is 0 Å². The van der Waals surface area contributed by atoms with E-state index >= 15 is 0 Å². The van der Waals surface area contributed by atoms with Gasteiger partial charge in [-0.05, 0) is 77.0 Å². The predicted molar refractivity (Wildman–Crippen MR) is 233 cm³/mol. The van der Waals surface area contributed by atoms with Crippen LogP contribution in [-0.2, 0) is 28.6 Å². The molecule has 0 saturated heterocycles. The minimum absolute atomic E-state index is 0.0972. The minimum atomic E-state index is -0.799. The van der Waals surface area contributed by atoms with Crippen molar-refractivity contribution in [2.24, 2.45) is 0 Å². The summed E-state index contributed by atoms with van der Waals surface area (Å²) in [5.41, 5.74) is 0. The molecule has 1 unspecified atom stereocenters.